The Kier molecular flexibility index (Phi) is 7.55. The summed E-state index contributed by atoms with van der Waals surface area (Å²) in [4.78, 5) is 2.39. The van der Waals surface area contributed by atoms with E-state index in [-0.39, 0.29) is 0 Å². The van der Waals surface area contributed by atoms with Crippen molar-refractivity contribution < 1.29 is 0 Å². The molecular weight excluding hydrogens is 639 g/mol. The first-order chi connectivity index (χ1) is 26.3. The van der Waals surface area contributed by atoms with E-state index in [1.165, 1.54) is 76.5 Å². The van der Waals surface area contributed by atoms with Gasteiger partial charge in [0.15, 0.2) is 0 Å². The second kappa shape index (κ2) is 13.0. The standard InChI is InChI=1S/C52H35N/c1-2-12-36(13-3-1)47-18-8-9-23-52(47)53(41-30-24-39(25-31-41)45-19-10-21-48-43-16-6-4-14-37(43)28-34-50(45)48)42-32-26-40(27-33-42)46-20-11-22-49-44-17-7-5-15-38(44)29-35-51(46)49/h1-35H. The molecule has 0 heterocycles. The second-order valence-electron chi connectivity index (χ2n) is 13.7. The van der Waals surface area contributed by atoms with Gasteiger partial charge in [-0.1, -0.05) is 182 Å². The maximum atomic E-state index is 2.39. The number of fused-ring (bicyclic) bond motifs is 6. The highest BCUT2D eigenvalue weighted by molar-refractivity contribution is 6.13. The number of nitrogens with zero attached hydrogens (tertiary/aromatic N) is 1. The van der Waals surface area contributed by atoms with Crippen molar-refractivity contribution in [1.82, 2.24) is 0 Å². The molecule has 1 heteroatoms. The second-order valence-corrected chi connectivity index (χ2v) is 13.7. The molecule has 0 aromatic heterocycles. The molecule has 0 aliphatic heterocycles. The quantitative estimate of drug-likeness (QED) is 0.159. The van der Waals surface area contributed by atoms with Crippen molar-refractivity contribution in [2.75, 3.05) is 4.90 Å². The molecule has 10 aromatic carbocycles. The first kappa shape index (κ1) is 30.8. The summed E-state index contributed by atoms with van der Waals surface area (Å²) in [5.74, 6) is 0. The van der Waals surface area contributed by atoms with Crippen LogP contribution in [-0.4, -0.2) is 0 Å². The summed E-state index contributed by atoms with van der Waals surface area (Å²) in [7, 11) is 0. The summed E-state index contributed by atoms with van der Waals surface area (Å²) in [6, 6.07) is 77.2. The third kappa shape index (κ3) is 5.42. The van der Waals surface area contributed by atoms with E-state index in [0.717, 1.165) is 17.1 Å². The van der Waals surface area contributed by atoms with Crippen LogP contribution in [0.2, 0.25) is 0 Å². The van der Waals surface area contributed by atoms with Crippen molar-refractivity contribution in [3.63, 3.8) is 0 Å². The fourth-order valence-corrected chi connectivity index (χ4v) is 8.12. The lowest BCUT2D eigenvalue weighted by Crippen LogP contribution is -2.11. The van der Waals surface area contributed by atoms with Crippen molar-refractivity contribution in [3.8, 4) is 33.4 Å². The van der Waals surface area contributed by atoms with Crippen LogP contribution >= 0.6 is 0 Å². The van der Waals surface area contributed by atoms with Gasteiger partial charge in [-0.15, -0.1) is 0 Å². The minimum atomic E-state index is 1.10. The third-order valence-electron chi connectivity index (χ3n) is 10.7. The predicted octanol–water partition coefficient (Wildman–Crippen LogP) is 14.8. The fraction of sp³-hybridized carbons (Fsp3) is 0. The lowest BCUT2D eigenvalue weighted by Gasteiger charge is -2.28. The molecule has 10 rings (SSSR count). The molecular formula is C52H35N. The van der Waals surface area contributed by atoms with Gasteiger partial charge in [-0.25, -0.2) is 0 Å². The Labute approximate surface area is 309 Å². The average Bonchev–Trinajstić information content (AvgIpc) is 3.24. The number of hydrogen-bond acceptors (Lipinski definition) is 1. The molecule has 0 atom stereocenters. The molecule has 0 radical (unpaired) electrons. The normalized spacial score (nSPS) is 11.4. The molecule has 0 amide bonds. The van der Waals surface area contributed by atoms with Crippen molar-refractivity contribution in [1.29, 1.82) is 0 Å². The zero-order valence-corrected chi connectivity index (χ0v) is 29.2. The molecule has 1 nitrogen and oxygen atoms in total. The van der Waals surface area contributed by atoms with Gasteiger partial charge in [0.1, 0.15) is 0 Å². The lowest BCUT2D eigenvalue weighted by molar-refractivity contribution is 1.28. The van der Waals surface area contributed by atoms with Crippen molar-refractivity contribution in [3.05, 3.63) is 212 Å². The monoisotopic (exact) mass is 673 g/mol. The van der Waals surface area contributed by atoms with Crippen LogP contribution in [0.1, 0.15) is 0 Å². The summed E-state index contributed by atoms with van der Waals surface area (Å²) >= 11 is 0. The Morgan fingerprint density at radius 1 is 0.226 bits per heavy atom. The molecule has 0 N–H and O–H groups in total. The van der Waals surface area contributed by atoms with Crippen molar-refractivity contribution >= 4 is 60.2 Å². The Morgan fingerprint density at radius 2 is 0.642 bits per heavy atom. The van der Waals surface area contributed by atoms with Gasteiger partial charge in [0, 0.05) is 16.9 Å². The number of rotatable bonds is 6. The Morgan fingerprint density at radius 3 is 1.19 bits per heavy atom. The van der Waals surface area contributed by atoms with Crippen molar-refractivity contribution in [2.24, 2.45) is 0 Å². The average molecular weight is 674 g/mol. The van der Waals surface area contributed by atoms with Crippen LogP contribution in [0.4, 0.5) is 17.1 Å². The van der Waals surface area contributed by atoms with Gasteiger partial charge in [-0.2, -0.15) is 0 Å². The van der Waals surface area contributed by atoms with Crippen LogP contribution in [0, 0.1) is 0 Å². The first-order valence-electron chi connectivity index (χ1n) is 18.3. The Bertz CT molecular complexity index is 2760. The van der Waals surface area contributed by atoms with E-state index < -0.39 is 0 Å². The highest BCUT2D eigenvalue weighted by Crippen LogP contribution is 2.43. The van der Waals surface area contributed by atoms with Crippen molar-refractivity contribution in [2.45, 2.75) is 0 Å². The van der Waals surface area contributed by atoms with Gasteiger partial charge in [0.05, 0.1) is 5.69 Å². The summed E-state index contributed by atoms with van der Waals surface area (Å²) in [5.41, 5.74) is 10.6. The first-order valence-corrected chi connectivity index (χ1v) is 18.3. The van der Waals surface area contributed by atoms with E-state index in [0.29, 0.717) is 0 Å². The largest absolute Gasteiger partial charge is 0.310 e. The van der Waals surface area contributed by atoms with Crippen LogP contribution in [-0.2, 0) is 0 Å². The van der Waals surface area contributed by atoms with E-state index in [2.05, 4.69) is 217 Å². The maximum Gasteiger partial charge on any atom is 0.0540 e. The van der Waals surface area contributed by atoms with Crippen LogP contribution < -0.4 is 4.90 Å². The van der Waals surface area contributed by atoms with E-state index in [4.69, 9.17) is 0 Å². The summed E-state index contributed by atoms with van der Waals surface area (Å²) < 4.78 is 0. The molecule has 0 saturated carbocycles. The molecule has 0 aliphatic rings. The fourth-order valence-electron chi connectivity index (χ4n) is 8.12. The molecule has 0 spiro atoms. The molecule has 10 aromatic rings. The molecule has 0 saturated heterocycles. The van der Waals surface area contributed by atoms with Crippen LogP contribution in [0.15, 0.2) is 212 Å². The van der Waals surface area contributed by atoms with Gasteiger partial charge in [-0.3, -0.25) is 0 Å². The zero-order chi connectivity index (χ0) is 35.1. The van der Waals surface area contributed by atoms with E-state index >= 15 is 0 Å². The van der Waals surface area contributed by atoms with E-state index in [1.807, 2.05) is 0 Å². The Hall–Kier alpha value is -6.96. The van der Waals surface area contributed by atoms with Crippen LogP contribution in [0.3, 0.4) is 0 Å². The number of anilines is 3. The highest BCUT2D eigenvalue weighted by atomic mass is 15.1. The molecule has 0 bridgehead atoms. The topological polar surface area (TPSA) is 3.24 Å². The summed E-state index contributed by atoms with van der Waals surface area (Å²) in [6.07, 6.45) is 0. The zero-order valence-electron chi connectivity index (χ0n) is 29.2. The molecule has 0 unspecified atom stereocenters. The van der Waals surface area contributed by atoms with Gasteiger partial charge >= 0.3 is 0 Å². The molecule has 0 fully saturated rings. The maximum absolute atomic E-state index is 2.39. The number of para-hydroxylation sites is 1. The SMILES string of the molecule is c1ccc(-c2ccccc2N(c2ccc(-c3cccc4c3ccc3ccccc34)cc2)c2ccc(-c3cccc4c3ccc3ccccc34)cc2)cc1. The van der Waals surface area contributed by atoms with Gasteiger partial charge < -0.3 is 4.90 Å². The molecule has 0 aliphatic carbocycles. The smallest absolute Gasteiger partial charge is 0.0540 e. The predicted molar refractivity (Wildman–Crippen MR) is 227 cm³/mol. The third-order valence-corrected chi connectivity index (χ3v) is 10.7. The van der Waals surface area contributed by atoms with Crippen LogP contribution in [0.25, 0.3) is 76.5 Å². The minimum Gasteiger partial charge on any atom is -0.310 e. The minimum absolute atomic E-state index is 1.10. The van der Waals surface area contributed by atoms with Gasteiger partial charge in [0.25, 0.3) is 0 Å². The van der Waals surface area contributed by atoms with E-state index in [1.54, 1.807) is 0 Å². The molecule has 53 heavy (non-hydrogen) atoms. The van der Waals surface area contributed by atoms with Gasteiger partial charge in [0.2, 0.25) is 0 Å². The lowest BCUT2D eigenvalue weighted by atomic mass is 9.94. The Balaban J connectivity index is 1.09. The summed E-state index contributed by atoms with van der Waals surface area (Å²) in [6.45, 7) is 0. The van der Waals surface area contributed by atoms with Gasteiger partial charge in [-0.05, 0) is 101 Å². The van der Waals surface area contributed by atoms with Crippen LogP contribution in [0.5, 0.6) is 0 Å². The summed E-state index contributed by atoms with van der Waals surface area (Å²) in [5, 5.41) is 10.2. The number of hydrogen-bond donors (Lipinski definition) is 0. The number of benzene rings is 10. The highest BCUT2D eigenvalue weighted by Gasteiger charge is 2.18. The molecule has 248 valence electrons. The van der Waals surface area contributed by atoms with E-state index in [9.17, 15) is 0 Å².